The number of ether oxygens (including phenoxy) is 1. The summed E-state index contributed by atoms with van der Waals surface area (Å²) in [5, 5.41) is 2.38. The average molecular weight is 308 g/mol. The zero-order valence-corrected chi connectivity index (χ0v) is 12.1. The molecule has 0 fully saturated rings. The standard InChI is InChI=1S/C18H13FN2O2/c19-15-12-13(16-8-4-5-11-20-16)9-10-17(15)21-18(22)23-14-6-2-1-3-7-14/h1-12H,(H,21,22). The van der Waals surface area contributed by atoms with Gasteiger partial charge in [0.25, 0.3) is 0 Å². The summed E-state index contributed by atoms with van der Waals surface area (Å²) in [5.41, 5.74) is 1.33. The van der Waals surface area contributed by atoms with E-state index in [-0.39, 0.29) is 5.69 Å². The van der Waals surface area contributed by atoms with Crippen LogP contribution in [0.25, 0.3) is 11.3 Å². The second kappa shape index (κ2) is 6.70. The van der Waals surface area contributed by atoms with Gasteiger partial charge in [0.15, 0.2) is 0 Å². The van der Waals surface area contributed by atoms with Crippen LogP contribution in [0, 0.1) is 5.82 Å². The van der Waals surface area contributed by atoms with Gasteiger partial charge in [-0.15, -0.1) is 0 Å². The number of para-hydroxylation sites is 1. The number of hydrogen-bond acceptors (Lipinski definition) is 3. The summed E-state index contributed by atoms with van der Waals surface area (Å²) in [4.78, 5) is 15.9. The molecule has 114 valence electrons. The van der Waals surface area contributed by atoms with E-state index in [2.05, 4.69) is 10.3 Å². The highest BCUT2D eigenvalue weighted by molar-refractivity contribution is 5.86. The third kappa shape index (κ3) is 3.71. The molecule has 0 aliphatic rings. The minimum absolute atomic E-state index is 0.0469. The predicted molar refractivity (Wildman–Crippen MR) is 85.7 cm³/mol. The van der Waals surface area contributed by atoms with Gasteiger partial charge in [-0.25, -0.2) is 9.18 Å². The fraction of sp³-hybridized carbons (Fsp3) is 0. The maximum Gasteiger partial charge on any atom is 0.417 e. The lowest BCUT2D eigenvalue weighted by molar-refractivity contribution is 0.215. The molecule has 0 unspecified atom stereocenters. The number of carbonyl (C=O) groups is 1. The lowest BCUT2D eigenvalue weighted by Gasteiger charge is -2.08. The zero-order valence-electron chi connectivity index (χ0n) is 12.1. The minimum atomic E-state index is -0.749. The highest BCUT2D eigenvalue weighted by atomic mass is 19.1. The van der Waals surface area contributed by atoms with Crippen molar-refractivity contribution < 1.29 is 13.9 Å². The first-order chi connectivity index (χ1) is 11.2. The van der Waals surface area contributed by atoms with E-state index in [1.165, 1.54) is 12.1 Å². The van der Waals surface area contributed by atoms with Crippen molar-refractivity contribution in [2.24, 2.45) is 0 Å². The molecule has 0 aliphatic heterocycles. The number of pyridine rings is 1. The quantitative estimate of drug-likeness (QED) is 0.775. The summed E-state index contributed by atoms with van der Waals surface area (Å²) in [5.74, 6) is -0.173. The highest BCUT2D eigenvalue weighted by Crippen LogP contribution is 2.23. The SMILES string of the molecule is O=C(Nc1ccc(-c2ccccn2)cc1F)Oc1ccccc1. The molecule has 1 aromatic heterocycles. The van der Waals surface area contributed by atoms with Gasteiger partial charge in [-0.05, 0) is 36.4 Å². The molecule has 2 aromatic carbocycles. The number of hydrogen-bond donors (Lipinski definition) is 1. The van der Waals surface area contributed by atoms with E-state index >= 15 is 0 Å². The molecule has 0 radical (unpaired) electrons. The van der Waals surface area contributed by atoms with Crippen molar-refractivity contribution in [1.29, 1.82) is 0 Å². The van der Waals surface area contributed by atoms with Gasteiger partial charge in [-0.1, -0.05) is 30.3 Å². The summed E-state index contributed by atoms with van der Waals surface area (Å²) in [6, 6.07) is 18.4. The number of halogens is 1. The largest absolute Gasteiger partial charge is 0.417 e. The Morgan fingerprint density at radius 3 is 2.48 bits per heavy atom. The molecule has 0 aliphatic carbocycles. The van der Waals surface area contributed by atoms with Gasteiger partial charge in [0.05, 0.1) is 11.4 Å². The molecule has 3 aromatic rings. The van der Waals surface area contributed by atoms with E-state index < -0.39 is 11.9 Å². The van der Waals surface area contributed by atoms with Crippen molar-refractivity contribution in [3.05, 3.63) is 78.7 Å². The van der Waals surface area contributed by atoms with Crippen molar-refractivity contribution in [2.45, 2.75) is 0 Å². The number of rotatable bonds is 3. The second-order valence-corrected chi connectivity index (χ2v) is 4.74. The van der Waals surface area contributed by atoms with Gasteiger partial charge in [-0.3, -0.25) is 10.3 Å². The first kappa shape index (κ1) is 14.7. The normalized spacial score (nSPS) is 10.1. The van der Waals surface area contributed by atoms with Gasteiger partial charge < -0.3 is 4.74 Å². The molecule has 1 N–H and O–H groups in total. The van der Waals surface area contributed by atoms with Crippen LogP contribution < -0.4 is 10.1 Å². The summed E-state index contributed by atoms with van der Waals surface area (Å²) in [6.07, 6.45) is 0.886. The summed E-state index contributed by atoms with van der Waals surface area (Å²) in [7, 11) is 0. The van der Waals surface area contributed by atoms with Crippen LogP contribution in [0.3, 0.4) is 0 Å². The predicted octanol–water partition coefficient (Wildman–Crippen LogP) is 4.50. The second-order valence-electron chi connectivity index (χ2n) is 4.74. The first-order valence-corrected chi connectivity index (χ1v) is 6.97. The maximum atomic E-state index is 14.1. The molecule has 23 heavy (non-hydrogen) atoms. The van der Waals surface area contributed by atoms with Gasteiger partial charge in [0, 0.05) is 11.8 Å². The summed E-state index contributed by atoms with van der Waals surface area (Å²) < 4.78 is 19.2. The van der Waals surface area contributed by atoms with Gasteiger partial charge in [0.2, 0.25) is 0 Å². The smallest absolute Gasteiger partial charge is 0.410 e. The lowest BCUT2D eigenvalue weighted by atomic mass is 10.1. The Bertz CT molecular complexity index is 808. The fourth-order valence-electron chi connectivity index (χ4n) is 2.04. The van der Waals surface area contributed by atoms with E-state index in [1.807, 2.05) is 6.07 Å². The molecule has 0 spiro atoms. The van der Waals surface area contributed by atoms with Crippen LogP contribution in [0.1, 0.15) is 0 Å². The third-order valence-corrected chi connectivity index (χ3v) is 3.12. The molecule has 3 rings (SSSR count). The van der Waals surface area contributed by atoms with E-state index in [0.29, 0.717) is 17.0 Å². The van der Waals surface area contributed by atoms with Gasteiger partial charge in [0.1, 0.15) is 11.6 Å². The maximum absolute atomic E-state index is 14.1. The Morgan fingerprint density at radius 1 is 1.00 bits per heavy atom. The Kier molecular flexibility index (Phi) is 4.29. The van der Waals surface area contributed by atoms with Crippen LogP contribution in [0.15, 0.2) is 72.9 Å². The van der Waals surface area contributed by atoms with Crippen molar-refractivity contribution in [3.63, 3.8) is 0 Å². The molecule has 0 saturated carbocycles. The number of nitrogens with zero attached hydrogens (tertiary/aromatic N) is 1. The third-order valence-electron chi connectivity index (χ3n) is 3.12. The molecule has 0 bridgehead atoms. The molecule has 0 saturated heterocycles. The minimum Gasteiger partial charge on any atom is -0.410 e. The number of benzene rings is 2. The van der Waals surface area contributed by atoms with E-state index in [9.17, 15) is 9.18 Å². The van der Waals surface area contributed by atoms with Gasteiger partial charge in [-0.2, -0.15) is 0 Å². The Hall–Kier alpha value is -3.21. The molecule has 4 nitrogen and oxygen atoms in total. The number of carbonyl (C=O) groups excluding carboxylic acids is 1. The van der Waals surface area contributed by atoms with Crippen LogP contribution in [0.2, 0.25) is 0 Å². The van der Waals surface area contributed by atoms with Crippen LogP contribution >= 0.6 is 0 Å². The average Bonchev–Trinajstić information content (AvgIpc) is 2.58. The number of amides is 1. The molecular formula is C18H13FN2O2. The van der Waals surface area contributed by atoms with Crippen molar-refractivity contribution in [2.75, 3.05) is 5.32 Å². The van der Waals surface area contributed by atoms with E-state index in [4.69, 9.17) is 4.74 Å². The topological polar surface area (TPSA) is 51.2 Å². The molecule has 1 heterocycles. The van der Waals surface area contributed by atoms with Gasteiger partial charge >= 0.3 is 6.09 Å². The Labute approximate surface area is 132 Å². The number of nitrogens with one attached hydrogen (secondary N) is 1. The van der Waals surface area contributed by atoms with Crippen molar-refractivity contribution in [1.82, 2.24) is 4.98 Å². The molecular weight excluding hydrogens is 295 g/mol. The highest BCUT2D eigenvalue weighted by Gasteiger charge is 2.10. The summed E-state index contributed by atoms with van der Waals surface area (Å²) in [6.45, 7) is 0. The Balaban J connectivity index is 1.73. The monoisotopic (exact) mass is 308 g/mol. The molecule has 1 amide bonds. The van der Waals surface area contributed by atoms with Crippen molar-refractivity contribution >= 4 is 11.8 Å². The molecule has 0 atom stereocenters. The lowest BCUT2D eigenvalue weighted by Crippen LogP contribution is -2.17. The van der Waals surface area contributed by atoms with Crippen LogP contribution in [0.5, 0.6) is 5.75 Å². The number of aromatic nitrogens is 1. The number of anilines is 1. The van der Waals surface area contributed by atoms with E-state index in [0.717, 1.165) is 0 Å². The van der Waals surface area contributed by atoms with Crippen molar-refractivity contribution in [3.8, 4) is 17.0 Å². The Morgan fingerprint density at radius 2 is 1.78 bits per heavy atom. The first-order valence-electron chi connectivity index (χ1n) is 6.97. The summed E-state index contributed by atoms with van der Waals surface area (Å²) >= 11 is 0. The molecule has 5 heteroatoms. The van der Waals surface area contributed by atoms with Crippen LogP contribution in [-0.2, 0) is 0 Å². The zero-order chi connectivity index (χ0) is 16.1. The van der Waals surface area contributed by atoms with Crippen LogP contribution in [0.4, 0.5) is 14.9 Å². The fourth-order valence-corrected chi connectivity index (χ4v) is 2.04. The van der Waals surface area contributed by atoms with Crippen LogP contribution in [-0.4, -0.2) is 11.1 Å². The van der Waals surface area contributed by atoms with E-state index in [1.54, 1.807) is 54.7 Å².